The van der Waals surface area contributed by atoms with Crippen LogP contribution in [-0.2, 0) is 10.8 Å². The van der Waals surface area contributed by atoms with Gasteiger partial charge < -0.3 is 0 Å². The van der Waals surface area contributed by atoms with Crippen molar-refractivity contribution >= 4 is 32.3 Å². The van der Waals surface area contributed by atoms with E-state index in [1.54, 1.807) is 0 Å². The van der Waals surface area contributed by atoms with Crippen molar-refractivity contribution in [3.63, 3.8) is 0 Å². The van der Waals surface area contributed by atoms with Crippen LogP contribution in [0.2, 0.25) is 0 Å². The number of benzene rings is 10. The zero-order valence-corrected chi connectivity index (χ0v) is 34.5. The lowest BCUT2D eigenvalue weighted by Gasteiger charge is -2.22. The van der Waals surface area contributed by atoms with Crippen LogP contribution in [0, 0.1) is 0 Å². The molecule has 10 aromatic rings. The van der Waals surface area contributed by atoms with Crippen LogP contribution < -0.4 is 0 Å². The van der Waals surface area contributed by atoms with E-state index < -0.39 is 0 Å². The molecule has 0 saturated carbocycles. The predicted octanol–water partition coefficient (Wildman–Crippen LogP) is 16.4. The van der Waals surface area contributed by atoms with E-state index in [4.69, 9.17) is 0 Å². The topological polar surface area (TPSA) is 0 Å². The zero-order valence-electron chi connectivity index (χ0n) is 34.5. The molecule has 0 amide bonds. The highest BCUT2D eigenvalue weighted by molar-refractivity contribution is 6.22. The summed E-state index contributed by atoms with van der Waals surface area (Å²) in [5.74, 6) is 0. The molecule has 0 unspecified atom stereocenters. The molecule has 2 aliphatic rings. The molecule has 0 bridgehead atoms. The van der Waals surface area contributed by atoms with Gasteiger partial charge in [0.05, 0.1) is 0 Å². The molecule has 284 valence electrons. The van der Waals surface area contributed by atoms with Crippen LogP contribution in [0.1, 0.15) is 49.9 Å². The third-order valence-corrected chi connectivity index (χ3v) is 14.1. The maximum absolute atomic E-state index is 2.47. The van der Waals surface area contributed by atoms with Crippen LogP contribution in [-0.4, -0.2) is 0 Å². The smallest absolute Gasteiger partial charge is 0.0159 e. The van der Waals surface area contributed by atoms with Gasteiger partial charge in [0.2, 0.25) is 0 Å². The van der Waals surface area contributed by atoms with Crippen molar-refractivity contribution in [2.24, 2.45) is 0 Å². The largest absolute Gasteiger partial charge is 0.0619 e. The van der Waals surface area contributed by atoms with Crippen molar-refractivity contribution in [2.45, 2.75) is 38.5 Å². The Bertz CT molecular complexity index is 3410. The van der Waals surface area contributed by atoms with E-state index in [2.05, 4.69) is 222 Å². The summed E-state index contributed by atoms with van der Waals surface area (Å²) in [6.07, 6.45) is 0. The third-order valence-electron chi connectivity index (χ3n) is 14.1. The molecule has 60 heavy (non-hydrogen) atoms. The Balaban J connectivity index is 1.06. The van der Waals surface area contributed by atoms with Crippen molar-refractivity contribution in [3.8, 4) is 66.8 Å². The molecule has 0 saturated heterocycles. The first-order valence-electron chi connectivity index (χ1n) is 21.3. The highest BCUT2D eigenvalue weighted by Crippen LogP contribution is 2.53. The number of hydrogen-bond donors (Lipinski definition) is 0. The Morgan fingerprint density at radius 1 is 0.250 bits per heavy atom. The summed E-state index contributed by atoms with van der Waals surface area (Å²) in [5, 5.41) is 7.58. The molecule has 10 aromatic carbocycles. The Morgan fingerprint density at radius 2 is 0.717 bits per heavy atom. The number of rotatable bonds is 4. The predicted molar refractivity (Wildman–Crippen MR) is 256 cm³/mol. The van der Waals surface area contributed by atoms with Crippen molar-refractivity contribution < 1.29 is 0 Å². The SMILES string of the molecule is CC1(C)c2ccccc2-c2cc(-c3c4ccccc4c(-c4ccc(-c5ccc6c(c5)C(C)(C)c5ccccc5-6)cc4)c4ccc(-c5ccc6ccccc6c5)cc34)ccc21. The summed E-state index contributed by atoms with van der Waals surface area (Å²) in [5.41, 5.74) is 20.9. The average Bonchev–Trinajstić information content (AvgIpc) is 3.66. The molecule has 0 radical (unpaired) electrons. The van der Waals surface area contributed by atoms with E-state index in [-0.39, 0.29) is 10.8 Å². The molecule has 0 spiro atoms. The molecular weight excluding hydrogens is 721 g/mol. The Labute approximate surface area is 352 Å². The second-order valence-electron chi connectivity index (χ2n) is 18.1. The average molecular weight is 765 g/mol. The van der Waals surface area contributed by atoms with Gasteiger partial charge in [-0.05, 0) is 146 Å². The summed E-state index contributed by atoms with van der Waals surface area (Å²) in [6, 6.07) is 73.2. The monoisotopic (exact) mass is 764 g/mol. The fourth-order valence-corrected chi connectivity index (χ4v) is 10.9. The standard InChI is InChI=1S/C60H44/c1-59(2)54-20-12-10-16-46(54)51-35-44(29-32-55(51)59)58-49-18-8-7-17-48(49)57(50-31-28-42(34-52(50)58)41-26-23-37-13-5-6-14-40(37)33-41)39-24-21-38(22-25-39)43-27-30-47-45-15-9-11-19-53(45)60(3,4)56(47)36-43/h5-36H,1-4H3. The van der Waals surface area contributed by atoms with Crippen LogP contribution in [0.25, 0.3) is 99.1 Å². The van der Waals surface area contributed by atoms with Gasteiger partial charge in [-0.1, -0.05) is 198 Å². The highest BCUT2D eigenvalue weighted by Gasteiger charge is 2.36. The van der Waals surface area contributed by atoms with E-state index in [0.717, 1.165) is 0 Å². The number of hydrogen-bond acceptors (Lipinski definition) is 0. The normalized spacial score (nSPS) is 14.3. The maximum atomic E-state index is 2.47. The molecule has 12 rings (SSSR count). The number of fused-ring (bicyclic) bond motifs is 9. The van der Waals surface area contributed by atoms with Gasteiger partial charge in [-0.15, -0.1) is 0 Å². The Kier molecular flexibility index (Phi) is 7.42. The van der Waals surface area contributed by atoms with Crippen LogP contribution in [0.4, 0.5) is 0 Å². The minimum atomic E-state index is -0.0468. The summed E-state index contributed by atoms with van der Waals surface area (Å²) in [6.45, 7) is 9.45. The van der Waals surface area contributed by atoms with E-state index >= 15 is 0 Å². The van der Waals surface area contributed by atoms with Gasteiger partial charge in [0, 0.05) is 10.8 Å². The lowest BCUT2D eigenvalue weighted by molar-refractivity contribution is 0.660. The van der Waals surface area contributed by atoms with Gasteiger partial charge in [-0.3, -0.25) is 0 Å². The van der Waals surface area contributed by atoms with Crippen molar-refractivity contribution in [1.82, 2.24) is 0 Å². The molecule has 0 heterocycles. The Hall–Kier alpha value is -7.02. The highest BCUT2D eigenvalue weighted by atomic mass is 14.4. The van der Waals surface area contributed by atoms with Crippen molar-refractivity contribution in [1.29, 1.82) is 0 Å². The van der Waals surface area contributed by atoms with Gasteiger partial charge in [0.25, 0.3) is 0 Å². The second kappa shape index (κ2) is 12.7. The Morgan fingerprint density at radius 3 is 1.47 bits per heavy atom. The van der Waals surface area contributed by atoms with Crippen LogP contribution >= 0.6 is 0 Å². The first-order chi connectivity index (χ1) is 29.3. The quantitative estimate of drug-likeness (QED) is 0.157. The summed E-state index contributed by atoms with van der Waals surface area (Å²) in [4.78, 5) is 0. The van der Waals surface area contributed by atoms with Gasteiger partial charge >= 0.3 is 0 Å². The molecule has 0 heteroatoms. The van der Waals surface area contributed by atoms with E-state index in [1.165, 1.54) is 121 Å². The molecule has 2 aliphatic carbocycles. The van der Waals surface area contributed by atoms with E-state index in [1.807, 2.05) is 0 Å². The van der Waals surface area contributed by atoms with Crippen molar-refractivity contribution in [3.05, 3.63) is 216 Å². The molecule has 0 N–H and O–H groups in total. The minimum absolute atomic E-state index is 0.0361. The third kappa shape index (κ3) is 5.04. The van der Waals surface area contributed by atoms with Gasteiger partial charge in [0.1, 0.15) is 0 Å². The van der Waals surface area contributed by atoms with Gasteiger partial charge in [-0.2, -0.15) is 0 Å². The zero-order chi connectivity index (χ0) is 40.3. The maximum Gasteiger partial charge on any atom is 0.0159 e. The molecule has 0 nitrogen and oxygen atoms in total. The molecule has 0 aliphatic heterocycles. The van der Waals surface area contributed by atoms with Crippen LogP contribution in [0.3, 0.4) is 0 Å². The molecular formula is C60H44. The van der Waals surface area contributed by atoms with Crippen LogP contribution in [0.5, 0.6) is 0 Å². The van der Waals surface area contributed by atoms with E-state index in [9.17, 15) is 0 Å². The molecule has 0 fully saturated rings. The lowest BCUT2D eigenvalue weighted by atomic mass is 9.81. The van der Waals surface area contributed by atoms with Gasteiger partial charge in [-0.25, -0.2) is 0 Å². The fourth-order valence-electron chi connectivity index (χ4n) is 10.9. The first-order valence-corrected chi connectivity index (χ1v) is 21.3. The first kappa shape index (κ1) is 35.0. The van der Waals surface area contributed by atoms with Gasteiger partial charge in [0.15, 0.2) is 0 Å². The second-order valence-corrected chi connectivity index (χ2v) is 18.1. The van der Waals surface area contributed by atoms with E-state index in [0.29, 0.717) is 0 Å². The molecule has 0 aromatic heterocycles. The summed E-state index contributed by atoms with van der Waals surface area (Å²) in [7, 11) is 0. The summed E-state index contributed by atoms with van der Waals surface area (Å²) >= 11 is 0. The lowest BCUT2D eigenvalue weighted by Crippen LogP contribution is -2.14. The van der Waals surface area contributed by atoms with Crippen LogP contribution in [0.15, 0.2) is 194 Å². The van der Waals surface area contributed by atoms with Crippen molar-refractivity contribution in [2.75, 3.05) is 0 Å². The summed E-state index contributed by atoms with van der Waals surface area (Å²) < 4.78 is 0. The minimum Gasteiger partial charge on any atom is -0.0619 e. The fraction of sp³-hybridized carbons (Fsp3) is 0.100. The molecule has 0 atom stereocenters.